The predicted molar refractivity (Wildman–Crippen MR) is 110 cm³/mol. The number of halogens is 1. The molecular formula is C18H21BrN2O3S2. The van der Waals surface area contributed by atoms with Gasteiger partial charge in [0.05, 0.1) is 10.6 Å². The van der Waals surface area contributed by atoms with Crippen LogP contribution in [0.15, 0.2) is 44.6 Å². The van der Waals surface area contributed by atoms with Crippen LogP contribution in [0.2, 0.25) is 0 Å². The van der Waals surface area contributed by atoms with Crippen molar-refractivity contribution in [2.24, 2.45) is 0 Å². The molecule has 140 valence electrons. The van der Waals surface area contributed by atoms with Gasteiger partial charge in [-0.2, -0.15) is 0 Å². The third kappa shape index (κ3) is 5.09. The molecule has 0 aliphatic heterocycles. The minimum Gasteiger partial charge on any atom is -0.325 e. The van der Waals surface area contributed by atoms with Gasteiger partial charge < -0.3 is 5.32 Å². The van der Waals surface area contributed by atoms with Crippen LogP contribution in [0.25, 0.3) is 0 Å². The maximum absolute atomic E-state index is 12.3. The van der Waals surface area contributed by atoms with Crippen LogP contribution in [0.1, 0.15) is 16.7 Å². The highest BCUT2D eigenvalue weighted by molar-refractivity contribution is 9.10. The van der Waals surface area contributed by atoms with Crippen LogP contribution in [-0.4, -0.2) is 27.1 Å². The maximum atomic E-state index is 12.3. The van der Waals surface area contributed by atoms with Crippen LogP contribution in [-0.2, 0) is 14.8 Å². The molecule has 0 radical (unpaired) electrons. The van der Waals surface area contributed by atoms with E-state index in [1.807, 2.05) is 26.0 Å². The van der Waals surface area contributed by atoms with Crippen molar-refractivity contribution in [3.8, 4) is 0 Å². The lowest BCUT2D eigenvalue weighted by Gasteiger charge is -2.11. The zero-order valence-corrected chi connectivity index (χ0v) is 18.2. The van der Waals surface area contributed by atoms with E-state index in [0.717, 1.165) is 20.5 Å². The van der Waals surface area contributed by atoms with Gasteiger partial charge in [-0.3, -0.25) is 4.79 Å². The number of rotatable bonds is 6. The summed E-state index contributed by atoms with van der Waals surface area (Å²) in [5.41, 5.74) is 3.28. The van der Waals surface area contributed by atoms with Gasteiger partial charge >= 0.3 is 0 Å². The van der Waals surface area contributed by atoms with Gasteiger partial charge in [0.2, 0.25) is 15.9 Å². The molecule has 0 aliphatic rings. The lowest BCUT2D eigenvalue weighted by Crippen LogP contribution is -2.20. The third-order valence-electron chi connectivity index (χ3n) is 3.85. The molecule has 0 spiro atoms. The van der Waals surface area contributed by atoms with E-state index in [4.69, 9.17) is 0 Å². The van der Waals surface area contributed by atoms with Crippen molar-refractivity contribution < 1.29 is 13.2 Å². The lowest BCUT2D eigenvalue weighted by molar-refractivity contribution is -0.113. The summed E-state index contributed by atoms with van der Waals surface area (Å²) in [4.78, 5) is 13.5. The van der Waals surface area contributed by atoms with Crippen LogP contribution in [0, 0.1) is 20.8 Å². The molecule has 0 heterocycles. The highest BCUT2D eigenvalue weighted by Gasteiger charge is 2.16. The summed E-state index contributed by atoms with van der Waals surface area (Å²) in [5, 5.41) is 2.76. The number of hydrogen-bond acceptors (Lipinski definition) is 4. The average molecular weight is 457 g/mol. The van der Waals surface area contributed by atoms with E-state index in [2.05, 4.69) is 26.0 Å². The summed E-state index contributed by atoms with van der Waals surface area (Å²) in [6.45, 7) is 5.72. The molecule has 26 heavy (non-hydrogen) atoms. The molecule has 0 atom stereocenters. The van der Waals surface area contributed by atoms with E-state index in [0.29, 0.717) is 11.3 Å². The first-order chi connectivity index (χ1) is 12.1. The summed E-state index contributed by atoms with van der Waals surface area (Å²) < 4.78 is 27.4. The summed E-state index contributed by atoms with van der Waals surface area (Å²) in [6.07, 6.45) is 0. The number of thioether (sulfide) groups is 1. The van der Waals surface area contributed by atoms with Gasteiger partial charge in [0.25, 0.3) is 0 Å². The number of hydrogen-bond donors (Lipinski definition) is 2. The molecule has 0 unspecified atom stereocenters. The van der Waals surface area contributed by atoms with E-state index in [-0.39, 0.29) is 16.6 Å². The number of carbonyl (C=O) groups is 1. The number of aryl methyl sites for hydroxylation is 3. The molecule has 5 nitrogen and oxygen atoms in total. The highest BCUT2D eigenvalue weighted by Crippen LogP contribution is 2.28. The first kappa shape index (κ1) is 21.0. The largest absolute Gasteiger partial charge is 0.325 e. The summed E-state index contributed by atoms with van der Waals surface area (Å²) >= 11 is 4.95. The highest BCUT2D eigenvalue weighted by atomic mass is 79.9. The van der Waals surface area contributed by atoms with E-state index < -0.39 is 10.0 Å². The minimum atomic E-state index is -3.57. The zero-order chi connectivity index (χ0) is 19.5. The Morgan fingerprint density at radius 1 is 1.08 bits per heavy atom. The van der Waals surface area contributed by atoms with E-state index in [1.165, 1.54) is 24.9 Å². The molecular weight excluding hydrogens is 436 g/mol. The molecule has 0 saturated carbocycles. The number of nitrogens with one attached hydrogen (secondary N) is 2. The first-order valence-electron chi connectivity index (χ1n) is 7.87. The fourth-order valence-corrected chi connectivity index (χ4v) is 4.68. The van der Waals surface area contributed by atoms with Gasteiger partial charge in [-0.25, -0.2) is 13.1 Å². The average Bonchev–Trinajstić information content (AvgIpc) is 2.58. The Morgan fingerprint density at radius 2 is 1.77 bits per heavy atom. The fraction of sp³-hybridized carbons (Fsp3) is 0.278. The maximum Gasteiger partial charge on any atom is 0.240 e. The topological polar surface area (TPSA) is 75.3 Å². The van der Waals surface area contributed by atoms with Crippen LogP contribution in [0.4, 0.5) is 5.69 Å². The van der Waals surface area contributed by atoms with Gasteiger partial charge in [0, 0.05) is 15.1 Å². The van der Waals surface area contributed by atoms with Gasteiger partial charge in [-0.1, -0.05) is 22.0 Å². The SMILES string of the molecule is CNS(=O)(=O)c1cc(NC(=O)CSc2cc(C)c(Br)cc2C)ccc1C. The van der Waals surface area contributed by atoms with Crippen LogP contribution in [0.5, 0.6) is 0 Å². The molecule has 8 heteroatoms. The second kappa shape index (κ2) is 8.56. The summed E-state index contributed by atoms with van der Waals surface area (Å²) in [6, 6.07) is 8.92. The standard InChI is InChI=1S/C18H21BrN2O3S2/c1-11-5-6-14(9-17(11)26(23,24)20-4)21-18(22)10-25-16-8-12(2)15(19)7-13(16)3/h5-9,20H,10H2,1-4H3,(H,21,22). The Balaban J connectivity index is 2.09. The van der Waals surface area contributed by atoms with Crippen molar-refractivity contribution >= 4 is 49.3 Å². The quantitative estimate of drug-likeness (QED) is 0.643. The van der Waals surface area contributed by atoms with Gasteiger partial charge in [0.15, 0.2) is 0 Å². The normalized spacial score (nSPS) is 11.4. The molecule has 0 aliphatic carbocycles. The molecule has 0 aromatic heterocycles. The predicted octanol–water partition coefficient (Wildman–Crippen LogP) is 4.01. The Bertz CT molecular complexity index is 944. The first-order valence-corrected chi connectivity index (χ1v) is 11.1. The van der Waals surface area contributed by atoms with Crippen molar-refractivity contribution in [1.82, 2.24) is 4.72 Å². The van der Waals surface area contributed by atoms with Crippen LogP contribution < -0.4 is 10.0 Å². The van der Waals surface area contributed by atoms with Crippen LogP contribution >= 0.6 is 27.7 Å². The lowest BCUT2D eigenvalue weighted by atomic mass is 10.2. The fourth-order valence-electron chi connectivity index (χ4n) is 2.33. The Hall–Kier alpha value is -1.35. The monoisotopic (exact) mass is 456 g/mol. The number of amides is 1. The van der Waals surface area contributed by atoms with Crippen molar-refractivity contribution in [2.45, 2.75) is 30.6 Å². The Morgan fingerprint density at radius 3 is 2.42 bits per heavy atom. The molecule has 2 rings (SSSR count). The second-order valence-electron chi connectivity index (χ2n) is 5.89. The Kier molecular flexibility index (Phi) is 6.90. The van der Waals surface area contributed by atoms with E-state index in [1.54, 1.807) is 19.1 Å². The van der Waals surface area contributed by atoms with Gasteiger partial charge in [-0.15, -0.1) is 11.8 Å². The van der Waals surface area contributed by atoms with Gasteiger partial charge in [0.1, 0.15) is 0 Å². The molecule has 0 saturated heterocycles. The second-order valence-corrected chi connectivity index (χ2v) is 9.62. The van der Waals surface area contributed by atoms with E-state index in [9.17, 15) is 13.2 Å². The van der Waals surface area contributed by atoms with Crippen molar-refractivity contribution in [1.29, 1.82) is 0 Å². The smallest absolute Gasteiger partial charge is 0.240 e. The zero-order valence-electron chi connectivity index (χ0n) is 15.0. The molecule has 0 bridgehead atoms. The van der Waals surface area contributed by atoms with Crippen LogP contribution in [0.3, 0.4) is 0 Å². The van der Waals surface area contributed by atoms with Crippen molar-refractivity contribution in [3.05, 3.63) is 51.5 Å². The van der Waals surface area contributed by atoms with E-state index >= 15 is 0 Å². The molecule has 2 aromatic carbocycles. The third-order valence-corrected chi connectivity index (χ3v) is 7.41. The van der Waals surface area contributed by atoms with Gasteiger partial charge in [-0.05, 0) is 68.8 Å². The molecule has 2 aromatic rings. The number of sulfonamides is 1. The Labute approximate surface area is 167 Å². The van der Waals surface area contributed by atoms with Crippen molar-refractivity contribution in [3.63, 3.8) is 0 Å². The molecule has 0 fully saturated rings. The number of carbonyl (C=O) groups excluding carboxylic acids is 1. The molecule has 1 amide bonds. The number of benzene rings is 2. The van der Waals surface area contributed by atoms with Crippen molar-refractivity contribution in [2.75, 3.05) is 18.1 Å². The molecule has 2 N–H and O–H groups in total. The number of anilines is 1. The summed E-state index contributed by atoms with van der Waals surface area (Å²) in [7, 11) is -2.21. The minimum absolute atomic E-state index is 0.157. The summed E-state index contributed by atoms with van der Waals surface area (Å²) in [5.74, 6) is 0.0517.